The van der Waals surface area contributed by atoms with Crippen LogP contribution in [0.3, 0.4) is 0 Å². The molecule has 0 amide bonds. The van der Waals surface area contributed by atoms with Crippen molar-refractivity contribution < 1.29 is 27.8 Å². The number of piperidine rings is 1. The van der Waals surface area contributed by atoms with Gasteiger partial charge in [0.25, 0.3) is 0 Å². The Kier molecular flexibility index (Phi) is 8.92. The van der Waals surface area contributed by atoms with Crippen LogP contribution in [0.25, 0.3) is 10.9 Å². The van der Waals surface area contributed by atoms with Gasteiger partial charge in [0.2, 0.25) is 0 Å². The summed E-state index contributed by atoms with van der Waals surface area (Å²) in [5, 5.41) is 0.734. The van der Waals surface area contributed by atoms with Gasteiger partial charge in [-0.3, -0.25) is 14.7 Å². The first-order chi connectivity index (χ1) is 17.9. The number of hydrogen-bond donors (Lipinski definition) is 0. The van der Waals surface area contributed by atoms with Gasteiger partial charge in [0.05, 0.1) is 30.8 Å². The van der Waals surface area contributed by atoms with E-state index in [1.54, 1.807) is 19.2 Å². The zero-order valence-electron chi connectivity index (χ0n) is 21.5. The second-order valence-electron chi connectivity index (χ2n) is 9.47. The molecule has 3 aromatic rings. The zero-order valence-corrected chi connectivity index (χ0v) is 21.5. The van der Waals surface area contributed by atoms with E-state index in [9.17, 15) is 13.6 Å². The van der Waals surface area contributed by atoms with Crippen molar-refractivity contribution >= 4 is 16.9 Å². The molecule has 0 saturated carbocycles. The number of aryl methyl sites for hydroxylation is 1. The van der Waals surface area contributed by atoms with E-state index in [-0.39, 0.29) is 17.6 Å². The first kappa shape index (κ1) is 26.8. The molecular formula is C29H34F2N2O4. The van der Waals surface area contributed by atoms with Gasteiger partial charge in [-0.1, -0.05) is 6.07 Å². The first-order valence-electron chi connectivity index (χ1n) is 12.8. The van der Waals surface area contributed by atoms with Crippen molar-refractivity contribution in [1.29, 1.82) is 0 Å². The summed E-state index contributed by atoms with van der Waals surface area (Å²) in [5.74, 6) is 0.309. The van der Waals surface area contributed by atoms with Crippen molar-refractivity contribution in [3.63, 3.8) is 0 Å². The van der Waals surface area contributed by atoms with Crippen molar-refractivity contribution in [3.8, 4) is 11.5 Å². The van der Waals surface area contributed by atoms with E-state index >= 15 is 0 Å². The lowest BCUT2D eigenvalue weighted by Gasteiger charge is -2.40. The van der Waals surface area contributed by atoms with Crippen LogP contribution in [0, 0.1) is 17.0 Å². The number of rotatable bonds is 11. The summed E-state index contributed by atoms with van der Waals surface area (Å²) in [7, 11) is 1.58. The Hall–Kier alpha value is -3.26. The molecule has 0 atom stereocenters. The Morgan fingerprint density at radius 1 is 1.11 bits per heavy atom. The third kappa shape index (κ3) is 6.55. The van der Waals surface area contributed by atoms with Crippen LogP contribution >= 0.6 is 0 Å². The van der Waals surface area contributed by atoms with E-state index in [1.165, 1.54) is 18.3 Å². The van der Waals surface area contributed by atoms with Gasteiger partial charge in [0.1, 0.15) is 29.7 Å². The highest BCUT2D eigenvalue weighted by Gasteiger charge is 2.42. The molecule has 2 aromatic carbocycles. The third-order valence-electron chi connectivity index (χ3n) is 7.21. The molecule has 1 saturated heterocycles. The van der Waals surface area contributed by atoms with Gasteiger partial charge in [-0.15, -0.1) is 0 Å². The molecule has 0 unspecified atom stereocenters. The highest BCUT2D eigenvalue weighted by molar-refractivity contribution is 5.83. The zero-order chi connectivity index (χ0) is 26.3. The number of carbonyl (C=O) groups is 1. The van der Waals surface area contributed by atoms with Gasteiger partial charge in [0.15, 0.2) is 0 Å². The molecule has 2 heterocycles. The second kappa shape index (κ2) is 12.3. The number of nitrogens with zero attached hydrogens (tertiary/aromatic N) is 2. The first-order valence-corrected chi connectivity index (χ1v) is 12.8. The lowest BCUT2D eigenvalue weighted by atomic mass is 9.74. The van der Waals surface area contributed by atoms with Crippen LogP contribution in [0.5, 0.6) is 11.5 Å². The second-order valence-corrected chi connectivity index (χ2v) is 9.47. The Morgan fingerprint density at radius 2 is 1.92 bits per heavy atom. The fourth-order valence-electron chi connectivity index (χ4n) is 5.08. The number of hydrogen-bond acceptors (Lipinski definition) is 6. The van der Waals surface area contributed by atoms with Gasteiger partial charge in [0, 0.05) is 18.0 Å². The molecule has 1 aliphatic heterocycles. The Morgan fingerprint density at radius 3 is 2.65 bits per heavy atom. The minimum atomic E-state index is -0.590. The number of benzene rings is 2. The SMILES string of the molecule is CCOC(=O)C1(CCCc2c(F)cnc3ccc(OC)cc23)CCN(CCOc2cccc(F)c2)CC1. The van der Waals surface area contributed by atoms with E-state index in [1.807, 2.05) is 25.1 Å². The van der Waals surface area contributed by atoms with Crippen molar-refractivity contribution in [2.24, 2.45) is 5.41 Å². The fraction of sp³-hybridized carbons (Fsp3) is 0.448. The van der Waals surface area contributed by atoms with Crippen LogP contribution in [-0.4, -0.2) is 55.8 Å². The number of fused-ring (bicyclic) bond motifs is 1. The average molecular weight is 513 g/mol. The number of methoxy groups -OCH3 is 1. The number of esters is 1. The van der Waals surface area contributed by atoms with Crippen molar-refractivity contribution in [2.45, 2.75) is 39.0 Å². The van der Waals surface area contributed by atoms with E-state index in [0.717, 1.165) is 18.5 Å². The standard InChI is InChI=1S/C29H34F2N2O4/c1-3-36-28(34)29(12-14-33(15-13-29)16-17-37-23-7-4-6-21(30)18-23)11-5-8-24-25-19-22(35-2)9-10-27(25)32-20-26(24)31/h4,6-7,9-10,18-20H,3,5,8,11-17H2,1-2H3. The van der Waals surface area contributed by atoms with Crippen molar-refractivity contribution in [3.05, 3.63) is 65.9 Å². The molecule has 1 aliphatic rings. The summed E-state index contributed by atoms with van der Waals surface area (Å²) in [5.41, 5.74) is 0.716. The molecule has 198 valence electrons. The van der Waals surface area contributed by atoms with Crippen LogP contribution in [0.2, 0.25) is 0 Å². The van der Waals surface area contributed by atoms with Gasteiger partial charge >= 0.3 is 5.97 Å². The molecule has 1 aromatic heterocycles. The molecule has 0 N–H and O–H groups in total. The fourth-order valence-corrected chi connectivity index (χ4v) is 5.08. The number of halogens is 2. The summed E-state index contributed by atoms with van der Waals surface area (Å²) in [6, 6.07) is 11.6. The van der Waals surface area contributed by atoms with Crippen molar-refractivity contribution in [1.82, 2.24) is 9.88 Å². The molecular weight excluding hydrogens is 478 g/mol. The predicted molar refractivity (Wildman–Crippen MR) is 138 cm³/mol. The largest absolute Gasteiger partial charge is 0.497 e. The Balaban J connectivity index is 1.37. The summed E-state index contributed by atoms with van der Waals surface area (Å²) in [6.07, 6.45) is 4.35. The van der Waals surface area contributed by atoms with Crippen LogP contribution in [0.15, 0.2) is 48.7 Å². The Bertz CT molecular complexity index is 1210. The molecule has 6 nitrogen and oxygen atoms in total. The molecule has 0 aliphatic carbocycles. The molecule has 1 fully saturated rings. The minimum Gasteiger partial charge on any atom is -0.497 e. The van der Waals surface area contributed by atoms with Crippen LogP contribution in [0.1, 0.15) is 38.2 Å². The summed E-state index contributed by atoms with van der Waals surface area (Å²) >= 11 is 0. The smallest absolute Gasteiger partial charge is 0.312 e. The maximum Gasteiger partial charge on any atom is 0.312 e. The van der Waals surface area contributed by atoms with Gasteiger partial charge in [-0.25, -0.2) is 8.78 Å². The number of ether oxygens (including phenoxy) is 3. The van der Waals surface area contributed by atoms with Crippen molar-refractivity contribution in [2.75, 3.05) is 40.0 Å². The third-order valence-corrected chi connectivity index (χ3v) is 7.21. The van der Waals surface area contributed by atoms with Crippen LogP contribution in [0.4, 0.5) is 8.78 Å². The monoisotopic (exact) mass is 512 g/mol. The van der Waals surface area contributed by atoms with Gasteiger partial charge in [-0.05, 0) is 88.0 Å². The molecule has 0 spiro atoms. The summed E-state index contributed by atoms with van der Waals surface area (Å²) in [4.78, 5) is 19.5. The molecule has 0 radical (unpaired) electrons. The normalized spacial score (nSPS) is 15.5. The van der Waals surface area contributed by atoms with Gasteiger partial charge < -0.3 is 14.2 Å². The van der Waals surface area contributed by atoms with E-state index in [0.29, 0.717) is 74.4 Å². The maximum atomic E-state index is 14.8. The van der Waals surface area contributed by atoms with Gasteiger partial charge in [-0.2, -0.15) is 0 Å². The topological polar surface area (TPSA) is 60.9 Å². The predicted octanol–water partition coefficient (Wildman–Crippen LogP) is 5.57. The van der Waals surface area contributed by atoms with E-state index in [2.05, 4.69) is 9.88 Å². The lowest BCUT2D eigenvalue weighted by molar-refractivity contribution is -0.159. The lowest BCUT2D eigenvalue weighted by Crippen LogP contribution is -2.46. The molecule has 0 bridgehead atoms. The number of likely N-dealkylation sites (tertiary alicyclic amines) is 1. The molecule has 37 heavy (non-hydrogen) atoms. The Labute approximate surface area is 216 Å². The summed E-state index contributed by atoms with van der Waals surface area (Å²) < 4.78 is 44.6. The number of pyridine rings is 1. The molecule has 8 heteroatoms. The van der Waals surface area contributed by atoms with E-state index < -0.39 is 5.41 Å². The van der Waals surface area contributed by atoms with Crippen LogP contribution < -0.4 is 9.47 Å². The maximum absolute atomic E-state index is 14.8. The number of carbonyl (C=O) groups excluding carboxylic acids is 1. The summed E-state index contributed by atoms with van der Waals surface area (Å²) in [6.45, 7) is 4.73. The quantitative estimate of drug-likeness (QED) is 0.313. The number of aromatic nitrogens is 1. The molecule has 4 rings (SSSR count). The average Bonchev–Trinajstić information content (AvgIpc) is 2.90. The highest BCUT2D eigenvalue weighted by atomic mass is 19.1. The van der Waals surface area contributed by atoms with Crippen LogP contribution in [-0.2, 0) is 16.0 Å². The highest BCUT2D eigenvalue weighted by Crippen LogP contribution is 2.38. The van der Waals surface area contributed by atoms with E-state index in [4.69, 9.17) is 14.2 Å². The minimum absolute atomic E-state index is 0.174.